The number of nitrogens with one attached hydrogen (secondary N) is 1. The molecule has 0 heterocycles. The van der Waals surface area contributed by atoms with Crippen molar-refractivity contribution in [3.63, 3.8) is 0 Å². The Morgan fingerprint density at radius 1 is 1.50 bits per heavy atom. The molecular formula is C11H15FN2O2S2. The molecule has 0 aliphatic carbocycles. The minimum atomic E-state index is -3.46. The van der Waals surface area contributed by atoms with E-state index in [-0.39, 0.29) is 23.1 Å². The number of sulfonamides is 1. The van der Waals surface area contributed by atoms with Crippen LogP contribution in [-0.4, -0.2) is 25.7 Å². The normalized spacial score (nSPS) is 11.4. The topological polar surface area (TPSA) is 72.2 Å². The zero-order valence-electron chi connectivity index (χ0n) is 9.94. The minimum absolute atomic E-state index is 0.0690. The van der Waals surface area contributed by atoms with Gasteiger partial charge in [-0.15, -0.1) is 0 Å². The second-order valence-electron chi connectivity index (χ2n) is 3.94. The van der Waals surface area contributed by atoms with Gasteiger partial charge >= 0.3 is 0 Å². The first-order valence-electron chi connectivity index (χ1n) is 5.31. The summed E-state index contributed by atoms with van der Waals surface area (Å²) in [5, 5.41) is 0. The van der Waals surface area contributed by atoms with Crippen LogP contribution in [0.2, 0.25) is 0 Å². The maximum absolute atomic E-state index is 12.9. The third kappa shape index (κ3) is 5.07. The summed E-state index contributed by atoms with van der Waals surface area (Å²) in [6.45, 7) is 2.01. The summed E-state index contributed by atoms with van der Waals surface area (Å²) < 4.78 is 38.1. The van der Waals surface area contributed by atoms with Gasteiger partial charge in [0.25, 0.3) is 0 Å². The van der Waals surface area contributed by atoms with Crippen molar-refractivity contribution in [3.8, 4) is 0 Å². The van der Waals surface area contributed by atoms with Gasteiger partial charge in [-0.3, -0.25) is 0 Å². The molecule has 0 bridgehead atoms. The van der Waals surface area contributed by atoms with Gasteiger partial charge in [0.15, 0.2) is 0 Å². The first-order chi connectivity index (χ1) is 8.30. The van der Waals surface area contributed by atoms with E-state index in [0.29, 0.717) is 6.42 Å². The van der Waals surface area contributed by atoms with E-state index < -0.39 is 10.0 Å². The van der Waals surface area contributed by atoms with E-state index in [2.05, 4.69) is 16.9 Å². The summed E-state index contributed by atoms with van der Waals surface area (Å²) in [5.74, 6) is -0.657. The number of rotatable bonds is 6. The first kappa shape index (κ1) is 15.0. The molecule has 0 amide bonds. The van der Waals surface area contributed by atoms with Gasteiger partial charge in [-0.2, -0.15) is 0 Å². The van der Waals surface area contributed by atoms with Crippen molar-refractivity contribution in [1.82, 2.24) is 4.72 Å². The van der Waals surface area contributed by atoms with Crippen LogP contribution in [0.5, 0.6) is 0 Å². The van der Waals surface area contributed by atoms with Crippen LogP contribution in [0.4, 0.5) is 4.39 Å². The summed E-state index contributed by atoms with van der Waals surface area (Å²) in [7, 11) is -3.46. The summed E-state index contributed by atoms with van der Waals surface area (Å²) in [5.41, 5.74) is 6.87. The van der Waals surface area contributed by atoms with Crippen molar-refractivity contribution in [2.24, 2.45) is 5.73 Å². The predicted octanol–water partition coefficient (Wildman–Crippen LogP) is 0.882. The standard InChI is InChI=1S/C11H15FN2O2S2/c1-8-6-10(12)3-2-9(8)4-5-14-18(15,16)7-11(13)17/h2-3,6,14H,4-5,7H2,1H3,(H2,13,17). The van der Waals surface area contributed by atoms with Crippen LogP contribution in [0, 0.1) is 12.7 Å². The first-order valence-corrected chi connectivity index (χ1v) is 7.37. The molecular weight excluding hydrogens is 275 g/mol. The van der Waals surface area contributed by atoms with Crippen LogP contribution >= 0.6 is 12.2 Å². The Balaban J connectivity index is 2.54. The van der Waals surface area contributed by atoms with Crippen LogP contribution in [0.15, 0.2) is 18.2 Å². The second kappa shape index (κ2) is 6.21. The molecule has 18 heavy (non-hydrogen) atoms. The zero-order valence-corrected chi connectivity index (χ0v) is 11.6. The van der Waals surface area contributed by atoms with Crippen molar-refractivity contribution in [2.75, 3.05) is 12.3 Å². The SMILES string of the molecule is Cc1cc(F)ccc1CCNS(=O)(=O)CC(N)=S. The fourth-order valence-corrected chi connectivity index (χ4v) is 2.87. The average molecular weight is 290 g/mol. The molecule has 0 saturated heterocycles. The Hall–Kier alpha value is -1.05. The van der Waals surface area contributed by atoms with E-state index >= 15 is 0 Å². The van der Waals surface area contributed by atoms with Gasteiger partial charge in [0.05, 0.1) is 4.99 Å². The van der Waals surface area contributed by atoms with Crippen LogP contribution in [-0.2, 0) is 16.4 Å². The highest BCUT2D eigenvalue weighted by Gasteiger charge is 2.11. The molecule has 1 rings (SSSR count). The molecule has 0 atom stereocenters. The number of aryl methyl sites for hydroxylation is 1. The smallest absolute Gasteiger partial charge is 0.218 e. The predicted molar refractivity (Wildman–Crippen MR) is 73.4 cm³/mol. The maximum Gasteiger partial charge on any atom is 0.218 e. The van der Waals surface area contributed by atoms with Gasteiger partial charge in [0, 0.05) is 6.54 Å². The monoisotopic (exact) mass is 290 g/mol. The van der Waals surface area contributed by atoms with Crippen molar-refractivity contribution >= 4 is 27.2 Å². The van der Waals surface area contributed by atoms with E-state index in [1.807, 2.05) is 0 Å². The van der Waals surface area contributed by atoms with Gasteiger partial charge in [-0.05, 0) is 36.6 Å². The molecule has 0 aliphatic heterocycles. The fourth-order valence-electron chi connectivity index (χ4n) is 1.52. The molecule has 0 aliphatic rings. The third-order valence-electron chi connectivity index (χ3n) is 2.35. The van der Waals surface area contributed by atoms with Crippen molar-refractivity contribution in [3.05, 3.63) is 35.1 Å². The average Bonchev–Trinajstić information content (AvgIpc) is 2.19. The van der Waals surface area contributed by atoms with Gasteiger partial charge in [0.1, 0.15) is 11.6 Å². The van der Waals surface area contributed by atoms with Gasteiger partial charge in [0.2, 0.25) is 10.0 Å². The van der Waals surface area contributed by atoms with Crippen LogP contribution in [0.3, 0.4) is 0 Å². The van der Waals surface area contributed by atoms with Gasteiger partial charge in [-0.1, -0.05) is 18.3 Å². The van der Waals surface area contributed by atoms with Crippen molar-refractivity contribution in [2.45, 2.75) is 13.3 Å². The van der Waals surface area contributed by atoms with Crippen LogP contribution in [0.1, 0.15) is 11.1 Å². The number of benzene rings is 1. The van der Waals surface area contributed by atoms with Gasteiger partial charge in [-0.25, -0.2) is 17.5 Å². The lowest BCUT2D eigenvalue weighted by Crippen LogP contribution is -2.33. The summed E-state index contributed by atoms with van der Waals surface area (Å²) in [6, 6.07) is 4.41. The third-order valence-corrected chi connectivity index (χ3v) is 4.02. The molecule has 3 N–H and O–H groups in total. The van der Waals surface area contributed by atoms with E-state index in [4.69, 9.17) is 5.73 Å². The van der Waals surface area contributed by atoms with Crippen LogP contribution < -0.4 is 10.5 Å². The molecule has 0 radical (unpaired) electrons. The molecule has 0 spiro atoms. The Kier molecular flexibility index (Phi) is 5.18. The van der Waals surface area contributed by atoms with Crippen molar-refractivity contribution in [1.29, 1.82) is 0 Å². The Morgan fingerprint density at radius 2 is 2.17 bits per heavy atom. The molecule has 100 valence electrons. The summed E-state index contributed by atoms with van der Waals surface area (Å²) in [4.78, 5) is -0.0690. The highest BCUT2D eigenvalue weighted by molar-refractivity contribution is 7.92. The number of hydrogen-bond donors (Lipinski definition) is 2. The number of thiocarbonyl (C=S) groups is 1. The van der Waals surface area contributed by atoms with Gasteiger partial charge < -0.3 is 5.73 Å². The van der Waals surface area contributed by atoms with Crippen LogP contribution in [0.25, 0.3) is 0 Å². The molecule has 1 aromatic carbocycles. The van der Waals surface area contributed by atoms with E-state index in [0.717, 1.165) is 11.1 Å². The number of halogens is 1. The molecule has 1 aromatic rings. The number of hydrogen-bond acceptors (Lipinski definition) is 3. The highest BCUT2D eigenvalue weighted by Crippen LogP contribution is 2.10. The maximum atomic E-state index is 12.9. The minimum Gasteiger partial charge on any atom is -0.392 e. The molecule has 7 heteroatoms. The van der Waals surface area contributed by atoms with E-state index in [1.54, 1.807) is 13.0 Å². The fraction of sp³-hybridized carbons (Fsp3) is 0.364. The molecule has 0 unspecified atom stereocenters. The molecule has 0 aromatic heterocycles. The Morgan fingerprint density at radius 3 is 2.72 bits per heavy atom. The lowest BCUT2D eigenvalue weighted by molar-refractivity contribution is 0.585. The largest absolute Gasteiger partial charge is 0.392 e. The lowest BCUT2D eigenvalue weighted by Gasteiger charge is -2.08. The quantitative estimate of drug-likeness (QED) is 0.763. The van der Waals surface area contributed by atoms with E-state index in [9.17, 15) is 12.8 Å². The lowest BCUT2D eigenvalue weighted by atomic mass is 10.1. The molecule has 0 saturated carbocycles. The number of nitrogens with two attached hydrogens (primary N) is 1. The Bertz CT molecular complexity index is 544. The second-order valence-corrected chi connectivity index (χ2v) is 6.27. The van der Waals surface area contributed by atoms with E-state index in [1.165, 1.54) is 12.1 Å². The highest BCUT2D eigenvalue weighted by atomic mass is 32.2. The molecule has 0 fully saturated rings. The zero-order chi connectivity index (χ0) is 13.8. The Labute approximate surface area is 111 Å². The summed E-state index contributed by atoms with van der Waals surface area (Å²) >= 11 is 4.54. The summed E-state index contributed by atoms with van der Waals surface area (Å²) in [6.07, 6.45) is 0.489. The molecule has 4 nitrogen and oxygen atoms in total. The van der Waals surface area contributed by atoms with Crippen molar-refractivity contribution < 1.29 is 12.8 Å².